The first-order valence-electron chi connectivity index (χ1n) is 11.1. The SMILES string of the molecule is COc1cccc2cc(C(=O)C3=C(O)C(=O)N(CCC[n+]4cc[nH]c4)C3c3cccc(Cl)c3)oc12. The lowest BCUT2D eigenvalue weighted by Crippen LogP contribution is -2.36. The number of nitrogens with zero attached hydrogens (tertiary/aromatic N) is 2. The Morgan fingerprint density at radius 3 is 2.83 bits per heavy atom. The molecule has 0 bridgehead atoms. The molecule has 0 aliphatic carbocycles. The molecule has 2 aromatic carbocycles. The smallest absolute Gasteiger partial charge is 0.290 e. The van der Waals surface area contributed by atoms with Gasteiger partial charge in [0.2, 0.25) is 12.1 Å². The molecule has 0 saturated heterocycles. The van der Waals surface area contributed by atoms with E-state index in [0.717, 1.165) is 0 Å². The van der Waals surface area contributed by atoms with Gasteiger partial charge < -0.3 is 19.2 Å². The number of para-hydroxylation sites is 1. The number of aromatic amines is 1. The van der Waals surface area contributed by atoms with E-state index in [1.54, 1.807) is 48.5 Å². The number of rotatable bonds is 8. The third-order valence-corrected chi connectivity index (χ3v) is 6.32. The Morgan fingerprint density at radius 2 is 2.09 bits per heavy atom. The molecule has 35 heavy (non-hydrogen) atoms. The number of ether oxygens (including phenoxy) is 1. The number of aromatic nitrogens is 2. The average Bonchev–Trinajstić information content (AvgIpc) is 3.58. The Kier molecular flexibility index (Phi) is 6.05. The first-order chi connectivity index (χ1) is 17.0. The molecule has 1 atom stereocenters. The number of H-pyrrole nitrogens is 1. The second-order valence-electron chi connectivity index (χ2n) is 8.24. The van der Waals surface area contributed by atoms with E-state index < -0.39 is 23.5 Å². The number of hydrogen-bond donors (Lipinski definition) is 2. The Morgan fingerprint density at radius 1 is 1.26 bits per heavy atom. The summed E-state index contributed by atoms with van der Waals surface area (Å²) in [6, 6.07) is 13.0. The van der Waals surface area contributed by atoms with Crippen LogP contribution in [0.4, 0.5) is 0 Å². The van der Waals surface area contributed by atoms with E-state index in [-0.39, 0.29) is 11.3 Å². The van der Waals surface area contributed by atoms with Crippen LogP contribution in [0.1, 0.15) is 28.6 Å². The molecule has 5 rings (SSSR count). The molecule has 178 valence electrons. The summed E-state index contributed by atoms with van der Waals surface area (Å²) in [4.78, 5) is 31.3. The van der Waals surface area contributed by atoms with Crippen LogP contribution in [-0.2, 0) is 11.3 Å². The van der Waals surface area contributed by atoms with Gasteiger partial charge in [0, 0.05) is 23.4 Å². The number of aryl methyl sites for hydroxylation is 1. The van der Waals surface area contributed by atoms with Crippen molar-refractivity contribution in [3.63, 3.8) is 0 Å². The summed E-state index contributed by atoms with van der Waals surface area (Å²) in [6.45, 7) is 0.978. The zero-order chi connectivity index (χ0) is 24.5. The third-order valence-electron chi connectivity index (χ3n) is 6.08. The van der Waals surface area contributed by atoms with E-state index in [1.165, 1.54) is 12.0 Å². The van der Waals surface area contributed by atoms with Crippen molar-refractivity contribution in [3.8, 4) is 5.75 Å². The fourth-order valence-electron chi connectivity index (χ4n) is 4.46. The molecule has 2 N–H and O–H groups in total. The molecular formula is C26H23ClN3O5+. The number of fused-ring (bicyclic) bond motifs is 1. The Hall–Kier alpha value is -4.04. The van der Waals surface area contributed by atoms with Gasteiger partial charge in [-0.2, -0.15) is 0 Å². The molecule has 0 radical (unpaired) electrons. The lowest BCUT2D eigenvalue weighted by atomic mass is 9.95. The molecule has 0 saturated carbocycles. The maximum absolute atomic E-state index is 13.7. The molecule has 9 heteroatoms. The van der Waals surface area contributed by atoms with Gasteiger partial charge in [-0.05, 0) is 29.8 Å². The number of benzene rings is 2. The van der Waals surface area contributed by atoms with Crippen LogP contribution in [-0.4, -0.2) is 40.3 Å². The molecule has 8 nitrogen and oxygen atoms in total. The van der Waals surface area contributed by atoms with Crippen molar-refractivity contribution in [1.29, 1.82) is 0 Å². The second-order valence-corrected chi connectivity index (χ2v) is 8.68. The van der Waals surface area contributed by atoms with Crippen molar-refractivity contribution in [2.24, 2.45) is 0 Å². The number of nitrogens with one attached hydrogen (secondary N) is 1. The van der Waals surface area contributed by atoms with Crippen LogP contribution >= 0.6 is 11.6 Å². The van der Waals surface area contributed by atoms with Crippen LogP contribution in [0, 0.1) is 0 Å². The number of imidazole rings is 1. The fraction of sp³-hybridized carbons (Fsp3) is 0.192. The summed E-state index contributed by atoms with van der Waals surface area (Å²) in [5.41, 5.74) is 1.01. The topological polar surface area (TPSA) is 99.6 Å². The average molecular weight is 493 g/mol. The highest BCUT2D eigenvalue weighted by Gasteiger charge is 2.44. The molecule has 1 aliphatic rings. The van der Waals surface area contributed by atoms with Gasteiger partial charge in [-0.1, -0.05) is 35.9 Å². The molecule has 4 aromatic rings. The largest absolute Gasteiger partial charge is 0.503 e. The molecule has 3 heterocycles. The van der Waals surface area contributed by atoms with Gasteiger partial charge in [-0.25, -0.2) is 4.57 Å². The number of ketones is 1. The van der Waals surface area contributed by atoms with E-state index in [2.05, 4.69) is 4.98 Å². The Balaban J connectivity index is 1.52. The number of methoxy groups -OCH3 is 1. The zero-order valence-electron chi connectivity index (χ0n) is 18.9. The van der Waals surface area contributed by atoms with Gasteiger partial charge in [0.25, 0.3) is 5.91 Å². The number of carbonyl (C=O) groups excluding carboxylic acids is 2. The van der Waals surface area contributed by atoms with Gasteiger partial charge in [-0.3, -0.25) is 14.6 Å². The first-order valence-corrected chi connectivity index (χ1v) is 11.5. The monoisotopic (exact) mass is 492 g/mol. The summed E-state index contributed by atoms with van der Waals surface area (Å²) >= 11 is 6.24. The van der Waals surface area contributed by atoms with Crippen molar-refractivity contribution in [2.45, 2.75) is 19.0 Å². The Bertz CT molecular complexity index is 1440. The van der Waals surface area contributed by atoms with E-state index in [4.69, 9.17) is 20.8 Å². The predicted octanol–water partition coefficient (Wildman–Crippen LogP) is 4.38. The van der Waals surface area contributed by atoms with Gasteiger partial charge >= 0.3 is 0 Å². The second kappa shape index (κ2) is 9.31. The van der Waals surface area contributed by atoms with Crippen LogP contribution in [0.5, 0.6) is 5.75 Å². The van der Waals surface area contributed by atoms with E-state index in [1.807, 2.05) is 23.3 Å². The quantitative estimate of drug-likeness (QED) is 0.281. The van der Waals surface area contributed by atoms with Crippen LogP contribution in [0.3, 0.4) is 0 Å². The van der Waals surface area contributed by atoms with Crippen LogP contribution < -0.4 is 9.30 Å². The number of carbonyl (C=O) groups is 2. The van der Waals surface area contributed by atoms with Crippen LogP contribution in [0.15, 0.2) is 83.0 Å². The fourth-order valence-corrected chi connectivity index (χ4v) is 4.66. The summed E-state index contributed by atoms with van der Waals surface area (Å²) in [5, 5.41) is 12.0. The van der Waals surface area contributed by atoms with Gasteiger partial charge in [0.15, 0.2) is 22.9 Å². The van der Waals surface area contributed by atoms with Crippen molar-refractivity contribution < 1.29 is 28.4 Å². The molecule has 1 unspecified atom stereocenters. The number of amides is 1. The number of halogens is 1. The predicted molar refractivity (Wildman–Crippen MR) is 128 cm³/mol. The number of aliphatic hydroxyl groups is 1. The lowest BCUT2D eigenvalue weighted by molar-refractivity contribution is -0.695. The van der Waals surface area contributed by atoms with Crippen molar-refractivity contribution >= 4 is 34.3 Å². The summed E-state index contributed by atoms with van der Waals surface area (Å²) in [6.07, 6.45) is 6.13. The molecule has 1 amide bonds. The standard InChI is InChI=1S/C26H22ClN3O5/c1-34-19-8-3-6-17-14-20(35-25(17)19)23(31)21-22(16-5-2-7-18(27)13-16)30(26(33)24(21)32)11-4-10-29-12-9-28-15-29/h2-3,5-9,12-15,22H,4,10-11H2,1H3,(H,31,32)/p+1. The van der Waals surface area contributed by atoms with Crippen molar-refractivity contribution in [3.05, 3.63) is 94.9 Å². The third kappa shape index (κ3) is 4.17. The summed E-state index contributed by atoms with van der Waals surface area (Å²) in [5.74, 6) is -1.26. The lowest BCUT2D eigenvalue weighted by Gasteiger charge is -2.26. The molecular weight excluding hydrogens is 470 g/mol. The number of Topliss-reactive ketones (excluding diaryl/α,β-unsaturated/α-hetero) is 1. The van der Waals surface area contributed by atoms with Gasteiger partial charge in [0.05, 0.1) is 25.3 Å². The van der Waals surface area contributed by atoms with Crippen molar-refractivity contribution in [2.75, 3.05) is 13.7 Å². The number of hydrogen-bond acceptors (Lipinski definition) is 5. The first kappa shape index (κ1) is 22.7. The highest BCUT2D eigenvalue weighted by atomic mass is 35.5. The summed E-state index contributed by atoms with van der Waals surface area (Å²) < 4.78 is 13.1. The van der Waals surface area contributed by atoms with Crippen molar-refractivity contribution in [1.82, 2.24) is 9.88 Å². The minimum Gasteiger partial charge on any atom is -0.503 e. The van der Waals surface area contributed by atoms with Crippen LogP contribution in [0.2, 0.25) is 5.02 Å². The minimum atomic E-state index is -0.806. The minimum absolute atomic E-state index is 0.00982. The normalized spacial score (nSPS) is 15.9. The van der Waals surface area contributed by atoms with Crippen LogP contribution in [0.25, 0.3) is 11.0 Å². The molecule has 2 aromatic heterocycles. The van der Waals surface area contributed by atoms with E-state index >= 15 is 0 Å². The maximum Gasteiger partial charge on any atom is 0.290 e. The van der Waals surface area contributed by atoms with E-state index in [9.17, 15) is 14.7 Å². The number of furan rings is 1. The molecule has 0 fully saturated rings. The maximum atomic E-state index is 13.7. The Labute approximate surface area is 206 Å². The summed E-state index contributed by atoms with van der Waals surface area (Å²) in [7, 11) is 1.52. The molecule has 1 aliphatic heterocycles. The molecule has 0 spiro atoms. The van der Waals surface area contributed by atoms with Gasteiger partial charge in [0.1, 0.15) is 12.4 Å². The van der Waals surface area contributed by atoms with Gasteiger partial charge in [-0.15, -0.1) is 0 Å². The highest BCUT2D eigenvalue weighted by molar-refractivity contribution is 6.30. The zero-order valence-corrected chi connectivity index (χ0v) is 19.7. The highest BCUT2D eigenvalue weighted by Crippen LogP contribution is 2.40. The number of aliphatic hydroxyl groups excluding tert-OH is 1. The van der Waals surface area contributed by atoms with E-state index in [0.29, 0.717) is 46.8 Å².